The molecule has 3 N–H and O–H groups in total. The van der Waals surface area contributed by atoms with Gasteiger partial charge in [-0.05, 0) is 6.07 Å². The van der Waals surface area contributed by atoms with Crippen LogP contribution in [0.25, 0.3) is 0 Å². The van der Waals surface area contributed by atoms with E-state index in [1.54, 1.807) is 20.3 Å². The maximum absolute atomic E-state index is 9.75. The highest BCUT2D eigenvalue weighted by molar-refractivity contribution is 5.59. The van der Waals surface area contributed by atoms with E-state index in [9.17, 15) is 5.26 Å². The first-order chi connectivity index (χ1) is 12.3. The molecule has 2 aromatic rings. The maximum atomic E-state index is 9.75. The fourth-order valence-corrected chi connectivity index (χ4v) is 3.18. The Balaban J connectivity index is 2.30. The van der Waals surface area contributed by atoms with E-state index in [2.05, 4.69) is 37.0 Å². The number of allylic oxidation sites excluding steroid dienone is 1. The summed E-state index contributed by atoms with van der Waals surface area (Å²) >= 11 is 0. The summed E-state index contributed by atoms with van der Waals surface area (Å²) in [5, 5.41) is 17.1. The third-order valence-electron chi connectivity index (χ3n) is 4.44. The molecule has 7 nitrogen and oxygen atoms in total. The van der Waals surface area contributed by atoms with Crippen LogP contribution in [-0.2, 0) is 5.41 Å². The minimum atomic E-state index is -0.447. The fourth-order valence-electron chi connectivity index (χ4n) is 3.18. The van der Waals surface area contributed by atoms with E-state index in [0.717, 1.165) is 16.8 Å². The predicted molar refractivity (Wildman–Crippen MR) is 96.1 cm³/mol. The van der Waals surface area contributed by atoms with Gasteiger partial charge >= 0.3 is 0 Å². The van der Waals surface area contributed by atoms with Gasteiger partial charge in [0.05, 0.1) is 25.7 Å². The summed E-state index contributed by atoms with van der Waals surface area (Å²) in [6.45, 7) is 6.20. The molecular formula is C19H22N4O3. The summed E-state index contributed by atoms with van der Waals surface area (Å²) in [4.78, 5) is 0. The number of benzene rings is 1. The summed E-state index contributed by atoms with van der Waals surface area (Å²) in [5.74, 6) is 1.25. The van der Waals surface area contributed by atoms with Crippen LogP contribution in [0.15, 0.2) is 29.7 Å². The average molecular weight is 354 g/mol. The second kappa shape index (κ2) is 6.30. The molecular weight excluding hydrogens is 332 g/mol. The van der Waals surface area contributed by atoms with Crippen molar-refractivity contribution in [2.45, 2.75) is 32.1 Å². The first kappa shape index (κ1) is 17.7. The maximum Gasteiger partial charge on any atom is 0.244 e. The molecule has 2 heterocycles. The molecule has 1 unspecified atom stereocenters. The second-order valence-corrected chi connectivity index (χ2v) is 7.10. The number of nitriles is 1. The van der Waals surface area contributed by atoms with Crippen LogP contribution in [0.1, 0.15) is 43.5 Å². The number of aromatic nitrogens is 2. The second-order valence-electron chi connectivity index (χ2n) is 7.10. The quantitative estimate of drug-likeness (QED) is 0.878. The van der Waals surface area contributed by atoms with E-state index >= 15 is 0 Å². The van der Waals surface area contributed by atoms with Gasteiger partial charge in [-0.1, -0.05) is 26.8 Å². The molecule has 1 atom stereocenters. The average Bonchev–Trinajstić information content (AvgIpc) is 3.03. The van der Waals surface area contributed by atoms with Crippen LogP contribution in [0.3, 0.4) is 0 Å². The van der Waals surface area contributed by atoms with Crippen LogP contribution in [0.5, 0.6) is 17.4 Å². The van der Waals surface area contributed by atoms with Gasteiger partial charge < -0.3 is 19.9 Å². The summed E-state index contributed by atoms with van der Waals surface area (Å²) in [6, 6.07) is 7.68. The Morgan fingerprint density at radius 2 is 2.00 bits per heavy atom. The smallest absolute Gasteiger partial charge is 0.244 e. The number of hydrogen-bond donors (Lipinski definition) is 2. The zero-order valence-corrected chi connectivity index (χ0v) is 15.5. The summed E-state index contributed by atoms with van der Waals surface area (Å²) in [6.07, 6.45) is 0. The van der Waals surface area contributed by atoms with Gasteiger partial charge in [0, 0.05) is 22.7 Å². The van der Waals surface area contributed by atoms with Crippen LogP contribution in [0, 0.1) is 11.3 Å². The van der Waals surface area contributed by atoms with Gasteiger partial charge in [0.2, 0.25) is 11.8 Å². The van der Waals surface area contributed by atoms with Gasteiger partial charge in [0.25, 0.3) is 0 Å². The number of ether oxygens (including phenoxy) is 3. The Hall–Kier alpha value is -3.14. The van der Waals surface area contributed by atoms with Crippen LogP contribution >= 0.6 is 0 Å². The number of rotatable bonds is 3. The van der Waals surface area contributed by atoms with Gasteiger partial charge in [-0.3, -0.25) is 5.10 Å². The van der Waals surface area contributed by atoms with Crippen molar-refractivity contribution < 1.29 is 14.2 Å². The molecule has 0 amide bonds. The van der Waals surface area contributed by atoms with E-state index in [1.807, 2.05) is 12.1 Å². The molecule has 0 saturated heterocycles. The number of nitrogens with two attached hydrogens (primary N) is 1. The van der Waals surface area contributed by atoms with Crippen LogP contribution < -0.4 is 19.9 Å². The standard InChI is InChI=1S/C19H22N4O3/c1-19(2,3)16-15-14(11-7-6-10(24-4)8-13(11)25-5)12(9-20)17(21)26-18(15)23-22-16/h6-8,14H,21H2,1-5H3,(H,22,23). The van der Waals surface area contributed by atoms with Crippen molar-refractivity contribution >= 4 is 0 Å². The Morgan fingerprint density at radius 1 is 1.27 bits per heavy atom. The predicted octanol–water partition coefficient (Wildman–Crippen LogP) is 2.94. The molecule has 0 radical (unpaired) electrons. The lowest BCUT2D eigenvalue weighted by atomic mass is 9.78. The molecule has 1 aliphatic heterocycles. The molecule has 0 aliphatic carbocycles. The lowest BCUT2D eigenvalue weighted by molar-refractivity contribution is 0.372. The van der Waals surface area contributed by atoms with Gasteiger partial charge in [-0.25, -0.2) is 0 Å². The fraction of sp³-hybridized carbons (Fsp3) is 0.368. The van der Waals surface area contributed by atoms with Gasteiger partial charge in [0.1, 0.15) is 23.1 Å². The first-order valence-electron chi connectivity index (χ1n) is 8.20. The van der Waals surface area contributed by atoms with Gasteiger partial charge in [-0.2, -0.15) is 5.26 Å². The summed E-state index contributed by atoms with van der Waals surface area (Å²) in [7, 11) is 3.17. The lowest BCUT2D eigenvalue weighted by Crippen LogP contribution is -2.24. The van der Waals surface area contributed by atoms with Gasteiger partial charge in [-0.15, -0.1) is 5.10 Å². The minimum Gasteiger partial charge on any atom is -0.497 e. The Kier molecular flexibility index (Phi) is 4.28. The van der Waals surface area contributed by atoms with Gasteiger partial charge in [0.15, 0.2) is 0 Å². The summed E-state index contributed by atoms with van der Waals surface area (Å²) in [5.41, 5.74) is 8.59. The molecule has 7 heteroatoms. The van der Waals surface area contributed by atoms with Crippen molar-refractivity contribution in [3.63, 3.8) is 0 Å². The van der Waals surface area contributed by atoms with Crippen molar-refractivity contribution in [3.8, 4) is 23.4 Å². The molecule has 0 bridgehead atoms. The molecule has 0 spiro atoms. The molecule has 136 valence electrons. The topological polar surface area (TPSA) is 106 Å². The highest BCUT2D eigenvalue weighted by atomic mass is 16.5. The van der Waals surface area contributed by atoms with Crippen molar-refractivity contribution in [2.75, 3.05) is 14.2 Å². The number of nitrogens with zero attached hydrogens (tertiary/aromatic N) is 2. The van der Waals surface area contributed by atoms with Crippen LogP contribution in [-0.4, -0.2) is 24.4 Å². The van der Waals surface area contributed by atoms with E-state index < -0.39 is 5.92 Å². The number of fused-ring (bicyclic) bond motifs is 1. The molecule has 1 aliphatic rings. The third kappa shape index (κ3) is 2.73. The molecule has 3 rings (SSSR count). The number of hydrogen-bond acceptors (Lipinski definition) is 6. The number of methoxy groups -OCH3 is 2. The highest BCUT2D eigenvalue weighted by Crippen LogP contribution is 2.48. The normalized spacial score (nSPS) is 16.5. The number of aromatic amines is 1. The number of H-pyrrole nitrogens is 1. The monoisotopic (exact) mass is 354 g/mol. The Morgan fingerprint density at radius 3 is 2.58 bits per heavy atom. The lowest BCUT2D eigenvalue weighted by Gasteiger charge is -2.28. The largest absolute Gasteiger partial charge is 0.497 e. The molecule has 26 heavy (non-hydrogen) atoms. The van der Waals surface area contributed by atoms with Crippen molar-refractivity contribution in [3.05, 3.63) is 46.5 Å². The summed E-state index contributed by atoms with van der Waals surface area (Å²) < 4.78 is 16.5. The minimum absolute atomic E-state index is 0.0508. The zero-order chi connectivity index (χ0) is 19.1. The first-order valence-corrected chi connectivity index (χ1v) is 8.20. The SMILES string of the molecule is COc1ccc(C2C(C#N)=C(N)Oc3n[nH]c(C(C)(C)C)c32)c(OC)c1. The zero-order valence-electron chi connectivity index (χ0n) is 15.5. The molecule has 0 fully saturated rings. The Bertz CT molecular complexity index is 916. The molecule has 1 aromatic heterocycles. The van der Waals surface area contributed by atoms with E-state index in [-0.39, 0.29) is 11.3 Å². The van der Waals surface area contributed by atoms with E-state index in [0.29, 0.717) is 23.0 Å². The van der Waals surface area contributed by atoms with Crippen molar-refractivity contribution in [1.82, 2.24) is 10.2 Å². The van der Waals surface area contributed by atoms with Crippen molar-refractivity contribution in [2.24, 2.45) is 5.73 Å². The highest BCUT2D eigenvalue weighted by Gasteiger charge is 2.39. The Labute approximate surface area is 152 Å². The van der Waals surface area contributed by atoms with Crippen LogP contribution in [0.4, 0.5) is 0 Å². The molecule has 0 saturated carbocycles. The van der Waals surface area contributed by atoms with E-state index in [4.69, 9.17) is 19.9 Å². The third-order valence-corrected chi connectivity index (χ3v) is 4.44. The van der Waals surface area contributed by atoms with E-state index in [1.165, 1.54) is 0 Å². The molecule has 1 aromatic carbocycles. The number of nitrogens with one attached hydrogen (secondary N) is 1. The van der Waals surface area contributed by atoms with Crippen molar-refractivity contribution in [1.29, 1.82) is 5.26 Å². The van der Waals surface area contributed by atoms with Crippen LogP contribution in [0.2, 0.25) is 0 Å².